The summed E-state index contributed by atoms with van der Waals surface area (Å²) in [6.07, 6.45) is 9.78. The Balaban J connectivity index is 1.72. The Kier molecular flexibility index (Phi) is 4.60. The number of hydrogen-bond acceptors (Lipinski definition) is 3. The van der Waals surface area contributed by atoms with Gasteiger partial charge in [-0.25, -0.2) is 9.97 Å². The Morgan fingerprint density at radius 3 is 2.88 bits per heavy atom. The summed E-state index contributed by atoms with van der Waals surface area (Å²) in [5.74, 6) is 1.84. The van der Waals surface area contributed by atoms with Crippen LogP contribution >= 0.6 is 11.6 Å². The lowest BCUT2D eigenvalue weighted by Crippen LogP contribution is -2.07. The lowest BCUT2D eigenvalue weighted by Gasteiger charge is -2.11. The van der Waals surface area contributed by atoms with Gasteiger partial charge in [0, 0.05) is 12.1 Å². The number of aromatic nitrogens is 2. The van der Waals surface area contributed by atoms with E-state index in [-0.39, 0.29) is 0 Å². The first-order valence-electron chi connectivity index (χ1n) is 6.48. The van der Waals surface area contributed by atoms with Gasteiger partial charge < -0.3 is 5.32 Å². The second-order valence-corrected chi connectivity index (χ2v) is 5.22. The molecule has 1 fully saturated rings. The van der Waals surface area contributed by atoms with E-state index >= 15 is 0 Å². The molecule has 0 atom stereocenters. The zero-order chi connectivity index (χ0) is 12.1. The second kappa shape index (κ2) is 6.20. The van der Waals surface area contributed by atoms with E-state index in [1.807, 2.05) is 6.92 Å². The molecule has 1 N–H and O–H groups in total. The molecule has 17 heavy (non-hydrogen) atoms. The van der Waals surface area contributed by atoms with E-state index in [1.165, 1.54) is 44.9 Å². The van der Waals surface area contributed by atoms with E-state index in [9.17, 15) is 0 Å². The molecule has 0 saturated heterocycles. The van der Waals surface area contributed by atoms with Gasteiger partial charge in [-0.2, -0.15) is 0 Å². The Labute approximate surface area is 108 Å². The molecule has 1 aliphatic rings. The highest BCUT2D eigenvalue weighted by Crippen LogP contribution is 2.28. The normalized spacial score (nSPS) is 16.4. The summed E-state index contributed by atoms with van der Waals surface area (Å²) in [5, 5.41) is 3.88. The van der Waals surface area contributed by atoms with Crippen LogP contribution < -0.4 is 5.32 Å². The van der Waals surface area contributed by atoms with Gasteiger partial charge in [-0.1, -0.05) is 37.3 Å². The van der Waals surface area contributed by atoms with Gasteiger partial charge in [-0.05, 0) is 25.7 Å². The average Bonchev–Trinajstić information content (AvgIpc) is 2.83. The minimum atomic E-state index is 0.540. The third-order valence-electron chi connectivity index (χ3n) is 3.58. The van der Waals surface area contributed by atoms with Gasteiger partial charge in [0.1, 0.15) is 17.3 Å². The van der Waals surface area contributed by atoms with Crippen molar-refractivity contribution >= 4 is 17.4 Å². The van der Waals surface area contributed by atoms with Gasteiger partial charge in [0.25, 0.3) is 0 Å². The monoisotopic (exact) mass is 253 g/mol. The van der Waals surface area contributed by atoms with Crippen LogP contribution in [0.15, 0.2) is 6.33 Å². The van der Waals surface area contributed by atoms with E-state index in [4.69, 9.17) is 11.6 Å². The van der Waals surface area contributed by atoms with Crippen LogP contribution in [-0.4, -0.2) is 16.5 Å². The largest absolute Gasteiger partial charge is 0.370 e. The van der Waals surface area contributed by atoms with Crippen molar-refractivity contribution in [2.24, 2.45) is 5.92 Å². The fourth-order valence-corrected chi connectivity index (χ4v) is 2.64. The third-order valence-corrected chi connectivity index (χ3v) is 3.96. The third kappa shape index (κ3) is 3.56. The van der Waals surface area contributed by atoms with Crippen molar-refractivity contribution < 1.29 is 0 Å². The molecular formula is C13H20ClN3. The first-order valence-corrected chi connectivity index (χ1v) is 6.86. The number of nitrogens with one attached hydrogen (secondary N) is 1. The molecule has 2 rings (SSSR count). The maximum atomic E-state index is 5.94. The lowest BCUT2D eigenvalue weighted by molar-refractivity contribution is 0.491. The highest BCUT2D eigenvalue weighted by molar-refractivity contribution is 6.30. The zero-order valence-electron chi connectivity index (χ0n) is 10.4. The fourth-order valence-electron chi connectivity index (χ4n) is 2.50. The Hall–Kier alpha value is -0.830. The number of rotatable bonds is 5. The van der Waals surface area contributed by atoms with E-state index in [0.29, 0.717) is 5.15 Å². The molecule has 4 heteroatoms. The molecule has 0 spiro atoms. The topological polar surface area (TPSA) is 37.8 Å². The highest BCUT2D eigenvalue weighted by Gasteiger charge is 2.14. The van der Waals surface area contributed by atoms with Crippen molar-refractivity contribution in [3.05, 3.63) is 17.0 Å². The minimum Gasteiger partial charge on any atom is -0.370 e. The van der Waals surface area contributed by atoms with E-state index in [2.05, 4.69) is 15.3 Å². The number of anilines is 1. The van der Waals surface area contributed by atoms with Crippen molar-refractivity contribution in [3.63, 3.8) is 0 Å². The molecule has 1 aromatic rings. The summed E-state index contributed by atoms with van der Waals surface area (Å²) in [6.45, 7) is 2.92. The molecular weight excluding hydrogens is 234 g/mol. The SMILES string of the molecule is Cc1c(Cl)ncnc1NCCCC1CCCC1. The molecule has 1 aromatic heterocycles. The number of nitrogens with zero attached hydrogens (tertiary/aromatic N) is 2. The van der Waals surface area contributed by atoms with Gasteiger partial charge in [0.15, 0.2) is 0 Å². The minimum absolute atomic E-state index is 0.540. The highest BCUT2D eigenvalue weighted by atomic mass is 35.5. The molecule has 0 amide bonds. The van der Waals surface area contributed by atoms with Crippen molar-refractivity contribution in [1.29, 1.82) is 0 Å². The van der Waals surface area contributed by atoms with Gasteiger partial charge in [-0.3, -0.25) is 0 Å². The summed E-state index contributed by atoms with van der Waals surface area (Å²) < 4.78 is 0. The maximum Gasteiger partial charge on any atom is 0.137 e. The van der Waals surface area contributed by atoms with Crippen molar-refractivity contribution in [1.82, 2.24) is 9.97 Å². The van der Waals surface area contributed by atoms with Crippen LogP contribution in [0.25, 0.3) is 0 Å². The summed E-state index contributed by atoms with van der Waals surface area (Å²) in [7, 11) is 0. The standard InChI is InChI=1S/C13H20ClN3/c1-10-12(14)16-9-17-13(10)15-8-4-7-11-5-2-3-6-11/h9,11H,2-8H2,1H3,(H,15,16,17). The van der Waals surface area contributed by atoms with Crippen LogP contribution in [0, 0.1) is 12.8 Å². The lowest BCUT2D eigenvalue weighted by atomic mass is 10.0. The fraction of sp³-hybridized carbons (Fsp3) is 0.692. The molecule has 0 aromatic carbocycles. The first kappa shape index (κ1) is 12.6. The van der Waals surface area contributed by atoms with E-state index < -0.39 is 0 Å². The van der Waals surface area contributed by atoms with Crippen molar-refractivity contribution in [2.75, 3.05) is 11.9 Å². The van der Waals surface area contributed by atoms with Crippen LogP contribution in [0.5, 0.6) is 0 Å². The van der Waals surface area contributed by atoms with Gasteiger partial charge in [-0.15, -0.1) is 0 Å². The molecule has 1 heterocycles. The summed E-state index contributed by atoms with van der Waals surface area (Å²) in [6, 6.07) is 0. The Bertz CT molecular complexity index is 362. The predicted octanol–water partition coefficient (Wildman–Crippen LogP) is 3.82. The molecule has 3 nitrogen and oxygen atoms in total. The Morgan fingerprint density at radius 1 is 1.35 bits per heavy atom. The molecule has 0 aliphatic heterocycles. The zero-order valence-corrected chi connectivity index (χ0v) is 11.1. The molecule has 0 unspecified atom stereocenters. The van der Waals surface area contributed by atoms with Crippen LogP contribution in [0.2, 0.25) is 5.15 Å². The van der Waals surface area contributed by atoms with Crippen LogP contribution in [0.1, 0.15) is 44.1 Å². The van der Waals surface area contributed by atoms with Gasteiger partial charge >= 0.3 is 0 Å². The van der Waals surface area contributed by atoms with Gasteiger partial charge in [0.05, 0.1) is 0 Å². The molecule has 0 radical (unpaired) electrons. The Morgan fingerprint density at radius 2 is 2.12 bits per heavy atom. The quantitative estimate of drug-likeness (QED) is 0.640. The summed E-state index contributed by atoms with van der Waals surface area (Å²) in [4.78, 5) is 8.15. The first-order chi connectivity index (χ1) is 8.27. The summed E-state index contributed by atoms with van der Waals surface area (Å²) in [5.41, 5.74) is 0.940. The average molecular weight is 254 g/mol. The molecule has 1 aliphatic carbocycles. The van der Waals surface area contributed by atoms with Crippen molar-refractivity contribution in [2.45, 2.75) is 45.4 Å². The summed E-state index contributed by atoms with van der Waals surface area (Å²) >= 11 is 5.94. The molecule has 0 bridgehead atoms. The van der Waals surface area contributed by atoms with Crippen molar-refractivity contribution in [3.8, 4) is 0 Å². The number of hydrogen-bond donors (Lipinski definition) is 1. The number of halogens is 1. The van der Waals surface area contributed by atoms with Crippen LogP contribution in [-0.2, 0) is 0 Å². The maximum absolute atomic E-state index is 5.94. The second-order valence-electron chi connectivity index (χ2n) is 4.86. The smallest absolute Gasteiger partial charge is 0.137 e. The molecule has 1 saturated carbocycles. The van der Waals surface area contributed by atoms with Gasteiger partial charge in [0.2, 0.25) is 0 Å². The predicted molar refractivity (Wildman–Crippen MR) is 71.5 cm³/mol. The molecule has 94 valence electrons. The van der Waals surface area contributed by atoms with E-state index in [0.717, 1.165) is 23.8 Å². The van der Waals surface area contributed by atoms with E-state index in [1.54, 1.807) is 0 Å². The van der Waals surface area contributed by atoms with Crippen LogP contribution in [0.3, 0.4) is 0 Å². The van der Waals surface area contributed by atoms with Crippen LogP contribution in [0.4, 0.5) is 5.82 Å².